The average molecular weight is 460 g/mol. The zero-order chi connectivity index (χ0) is 23.4. The molecule has 1 fully saturated rings. The lowest BCUT2D eigenvalue weighted by Gasteiger charge is -2.26. The van der Waals surface area contributed by atoms with Crippen molar-refractivity contribution in [2.24, 2.45) is 0 Å². The van der Waals surface area contributed by atoms with Crippen molar-refractivity contribution in [2.45, 2.75) is 40.0 Å². The minimum Gasteiger partial charge on any atom is -0.462 e. The van der Waals surface area contributed by atoms with E-state index >= 15 is 0 Å². The van der Waals surface area contributed by atoms with E-state index in [2.05, 4.69) is 5.32 Å². The number of amides is 2. The second-order valence-corrected chi connectivity index (χ2v) is 8.57. The molecule has 0 bridgehead atoms. The molecule has 0 spiro atoms. The number of anilines is 1. The molecule has 0 radical (unpaired) electrons. The molecule has 1 aromatic heterocycles. The third-order valence-electron chi connectivity index (χ3n) is 5.36. The Balaban J connectivity index is 1.96. The number of esters is 1. The predicted octanol–water partition coefficient (Wildman–Crippen LogP) is 4.33. The molecule has 2 heterocycles. The highest BCUT2D eigenvalue weighted by Gasteiger charge is 2.29. The van der Waals surface area contributed by atoms with Gasteiger partial charge in [0, 0.05) is 30.3 Å². The largest absolute Gasteiger partial charge is 0.462 e. The van der Waals surface area contributed by atoms with E-state index in [0.717, 1.165) is 30.6 Å². The van der Waals surface area contributed by atoms with Gasteiger partial charge < -0.3 is 15.0 Å². The van der Waals surface area contributed by atoms with E-state index in [9.17, 15) is 24.5 Å². The topological polar surface area (TPSA) is 119 Å². The van der Waals surface area contributed by atoms with Gasteiger partial charge in [-0.15, -0.1) is 11.3 Å². The molecule has 9 nitrogen and oxygen atoms in total. The number of rotatable bonds is 6. The molecular formula is C22H25N3O6S. The Morgan fingerprint density at radius 1 is 1.19 bits per heavy atom. The minimum absolute atomic E-state index is 0.0760. The summed E-state index contributed by atoms with van der Waals surface area (Å²) >= 11 is 1.02. The second-order valence-electron chi connectivity index (χ2n) is 7.55. The van der Waals surface area contributed by atoms with Crippen LogP contribution in [0.5, 0.6) is 0 Å². The van der Waals surface area contributed by atoms with Crippen molar-refractivity contribution in [2.75, 3.05) is 25.0 Å². The first-order valence-corrected chi connectivity index (χ1v) is 11.2. The zero-order valence-corrected chi connectivity index (χ0v) is 19.0. The smallest absolute Gasteiger partial charge is 0.341 e. The van der Waals surface area contributed by atoms with Crippen molar-refractivity contribution < 1.29 is 24.0 Å². The van der Waals surface area contributed by atoms with Gasteiger partial charge in [0.25, 0.3) is 17.5 Å². The van der Waals surface area contributed by atoms with Gasteiger partial charge in [-0.05, 0) is 51.7 Å². The third kappa shape index (κ3) is 4.80. The first-order valence-electron chi connectivity index (χ1n) is 10.4. The van der Waals surface area contributed by atoms with Gasteiger partial charge in [-0.3, -0.25) is 19.7 Å². The summed E-state index contributed by atoms with van der Waals surface area (Å²) in [6, 6.07) is 4.15. The Hall–Kier alpha value is -3.27. The molecule has 1 N–H and O–H groups in total. The van der Waals surface area contributed by atoms with Crippen LogP contribution in [0.25, 0.3) is 0 Å². The van der Waals surface area contributed by atoms with Crippen LogP contribution >= 0.6 is 11.3 Å². The average Bonchev–Trinajstić information content (AvgIpc) is 3.09. The SMILES string of the molecule is CCOC(=O)c1c(NC(=O)c2ccc(C)c([N+](=O)[O-])c2)sc(C(=O)N2CCCCC2)c1C. The Morgan fingerprint density at radius 3 is 2.50 bits per heavy atom. The summed E-state index contributed by atoms with van der Waals surface area (Å²) in [4.78, 5) is 51.3. The Bertz CT molecular complexity index is 1070. The summed E-state index contributed by atoms with van der Waals surface area (Å²) in [6.45, 7) is 6.36. The predicted molar refractivity (Wildman–Crippen MR) is 121 cm³/mol. The lowest BCUT2D eigenvalue weighted by Crippen LogP contribution is -2.35. The summed E-state index contributed by atoms with van der Waals surface area (Å²) in [5.41, 5.74) is 0.917. The lowest BCUT2D eigenvalue weighted by molar-refractivity contribution is -0.385. The summed E-state index contributed by atoms with van der Waals surface area (Å²) in [5.74, 6) is -1.43. The molecule has 3 rings (SSSR count). The number of nitro groups is 1. The third-order valence-corrected chi connectivity index (χ3v) is 6.55. The fourth-order valence-corrected chi connectivity index (χ4v) is 4.78. The van der Waals surface area contributed by atoms with Crippen LogP contribution in [0.2, 0.25) is 0 Å². The molecule has 170 valence electrons. The standard InChI is InChI=1S/C22H25N3O6S/c1-4-31-22(28)17-14(3)18(21(27)24-10-6-5-7-11-24)32-20(17)23-19(26)15-9-8-13(2)16(12-15)25(29)30/h8-9,12H,4-7,10-11H2,1-3H3,(H,23,26). The van der Waals surface area contributed by atoms with Crippen molar-refractivity contribution in [3.63, 3.8) is 0 Å². The number of nitrogens with zero attached hydrogens (tertiary/aromatic N) is 2. The van der Waals surface area contributed by atoms with Gasteiger partial charge in [-0.1, -0.05) is 6.07 Å². The Kier molecular flexibility index (Phi) is 7.24. The molecule has 0 saturated carbocycles. The molecule has 1 aromatic carbocycles. The molecule has 0 atom stereocenters. The van der Waals surface area contributed by atoms with Gasteiger partial charge in [0.05, 0.1) is 22.0 Å². The van der Waals surface area contributed by atoms with Crippen LogP contribution in [0.15, 0.2) is 18.2 Å². The molecular weight excluding hydrogens is 434 g/mol. The van der Waals surface area contributed by atoms with Gasteiger partial charge in [0.15, 0.2) is 0 Å². The lowest BCUT2D eigenvalue weighted by atomic mass is 10.1. The molecule has 2 aromatic rings. The van der Waals surface area contributed by atoms with Crippen LogP contribution in [-0.4, -0.2) is 47.3 Å². The molecule has 10 heteroatoms. The maximum Gasteiger partial charge on any atom is 0.341 e. The highest BCUT2D eigenvalue weighted by atomic mass is 32.1. The van der Waals surface area contributed by atoms with E-state index in [-0.39, 0.29) is 34.3 Å². The zero-order valence-electron chi connectivity index (χ0n) is 18.2. The number of aryl methyl sites for hydroxylation is 1. The number of benzene rings is 1. The van der Waals surface area contributed by atoms with Crippen molar-refractivity contribution in [1.29, 1.82) is 0 Å². The van der Waals surface area contributed by atoms with Crippen LogP contribution in [0.4, 0.5) is 10.7 Å². The minimum atomic E-state index is -0.635. The van der Waals surface area contributed by atoms with Crippen molar-refractivity contribution >= 4 is 39.8 Å². The number of piperidine rings is 1. The van der Waals surface area contributed by atoms with Crippen LogP contribution in [0, 0.1) is 24.0 Å². The van der Waals surface area contributed by atoms with E-state index in [1.54, 1.807) is 25.7 Å². The van der Waals surface area contributed by atoms with E-state index in [1.807, 2.05) is 0 Å². The van der Waals surface area contributed by atoms with Crippen LogP contribution in [0.3, 0.4) is 0 Å². The number of thiophene rings is 1. The molecule has 0 unspecified atom stereocenters. The Labute approximate surface area is 189 Å². The number of carbonyl (C=O) groups is 3. The highest BCUT2D eigenvalue weighted by Crippen LogP contribution is 2.35. The van der Waals surface area contributed by atoms with Gasteiger partial charge in [0.2, 0.25) is 0 Å². The highest BCUT2D eigenvalue weighted by molar-refractivity contribution is 7.18. The number of nitro benzene ring substituents is 1. The van der Waals surface area contributed by atoms with Gasteiger partial charge >= 0.3 is 5.97 Å². The quantitative estimate of drug-likeness (QED) is 0.390. The van der Waals surface area contributed by atoms with E-state index < -0.39 is 16.8 Å². The maximum atomic E-state index is 13.1. The van der Waals surface area contributed by atoms with Gasteiger partial charge in [-0.2, -0.15) is 0 Å². The monoisotopic (exact) mass is 459 g/mol. The van der Waals surface area contributed by atoms with Crippen LogP contribution in [-0.2, 0) is 4.74 Å². The molecule has 0 aliphatic carbocycles. The normalized spacial score (nSPS) is 13.5. The summed E-state index contributed by atoms with van der Waals surface area (Å²) in [5, 5.41) is 14.1. The first-order chi connectivity index (χ1) is 15.2. The maximum absolute atomic E-state index is 13.1. The van der Waals surface area contributed by atoms with Gasteiger partial charge in [0.1, 0.15) is 5.00 Å². The Morgan fingerprint density at radius 2 is 1.88 bits per heavy atom. The number of ether oxygens (including phenoxy) is 1. The van der Waals surface area contributed by atoms with Crippen LogP contribution in [0.1, 0.15) is 67.7 Å². The number of carbonyl (C=O) groups excluding carboxylic acids is 3. The summed E-state index contributed by atoms with van der Waals surface area (Å²) in [7, 11) is 0. The number of hydrogen-bond acceptors (Lipinski definition) is 7. The molecule has 1 aliphatic heterocycles. The number of hydrogen-bond donors (Lipinski definition) is 1. The van der Waals surface area contributed by atoms with Gasteiger partial charge in [-0.25, -0.2) is 4.79 Å². The van der Waals surface area contributed by atoms with Crippen LogP contribution < -0.4 is 5.32 Å². The second kappa shape index (κ2) is 9.90. The number of likely N-dealkylation sites (tertiary alicyclic amines) is 1. The summed E-state index contributed by atoms with van der Waals surface area (Å²) < 4.78 is 5.14. The van der Waals surface area contributed by atoms with Crippen molar-refractivity contribution in [3.8, 4) is 0 Å². The van der Waals surface area contributed by atoms with E-state index in [4.69, 9.17) is 4.74 Å². The van der Waals surface area contributed by atoms with Crippen molar-refractivity contribution in [1.82, 2.24) is 4.90 Å². The molecule has 2 amide bonds. The summed E-state index contributed by atoms with van der Waals surface area (Å²) in [6.07, 6.45) is 2.93. The number of nitrogens with one attached hydrogen (secondary N) is 1. The van der Waals surface area contributed by atoms with Crippen molar-refractivity contribution in [3.05, 3.63) is 55.4 Å². The molecule has 32 heavy (non-hydrogen) atoms. The molecule has 1 aliphatic rings. The van der Waals surface area contributed by atoms with E-state index in [1.165, 1.54) is 18.2 Å². The fraction of sp³-hybridized carbons (Fsp3) is 0.409. The molecule has 1 saturated heterocycles. The van der Waals surface area contributed by atoms with E-state index in [0.29, 0.717) is 29.1 Å². The fourth-order valence-electron chi connectivity index (χ4n) is 3.62. The first kappa shape index (κ1) is 23.4.